The molecule has 1 aromatic carbocycles. The Morgan fingerprint density at radius 1 is 1.20 bits per heavy atom. The third kappa shape index (κ3) is 1.81. The van der Waals surface area contributed by atoms with Crippen LogP contribution in [0.1, 0.15) is 21.7 Å². The number of aromatic amines is 1. The second kappa shape index (κ2) is 4.76. The highest BCUT2D eigenvalue weighted by molar-refractivity contribution is 7.12. The van der Waals surface area contributed by atoms with Crippen molar-refractivity contribution in [3.63, 3.8) is 0 Å². The van der Waals surface area contributed by atoms with Gasteiger partial charge in [-0.25, -0.2) is 0 Å². The van der Waals surface area contributed by atoms with Crippen LogP contribution >= 0.6 is 11.3 Å². The number of fused-ring (bicyclic) bond motifs is 5. The Bertz CT molecular complexity index is 766. The van der Waals surface area contributed by atoms with Gasteiger partial charge >= 0.3 is 0 Å². The maximum Gasteiger partial charge on any atom is 0.0508 e. The molecule has 0 amide bonds. The average molecular weight is 282 g/mol. The van der Waals surface area contributed by atoms with Crippen molar-refractivity contribution in [2.75, 3.05) is 6.54 Å². The van der Waals surface area contributed by atoms with Gasteiger partial charge in [-0.3, -0.25) is 0 Å². The molecule has 0 atom stereocenters. The minimum atomic E-state index is 0.778. The molecule has 0 radical (unpaired) electrons. The molecular formula is C17H18N2S. The van der Waals surface area contributed by atoms with E-state index in [4.69, 9.17) is 5.73 Å². The van der Waals surface area contributed by atoms with Gasteiger partial charge in [0.2, 0.25) is 0 Å². The number of hydrogen-bond acceptors (Lipinski definition) is 2. The second-order valence-electron chi connectivity index (χ2n) is 5.47. The zero-order valence-electron chi connectivity index (χ0n) is 11.4. The zero-order chi connectivity index (χ0) is 13.5. The van der Waals surface area contributed by atoms with E-state index < -0.39 is 0 Å². The number of nitrogens with two attached hydrogens (primary N) is 1. The molecule has 0 spiro atoms. The Morgan fingerprint density at radius 3 is 3.00 bits per heavy atom. The molecule has 4 rings (SSSR count). The Labute approximate surface area is 122 Å². The summed E-state index contributed by atoms with van der Waals surface area (Å²) in [6.45, 7) is 0.778. The lowest BCUT2D eigenvalue weighted by Gasteiger charge is -2.11. The number of benzene rings is 1. The number of aryl methyl sites for hydroxylation is 3. The van der Waals surface area contributed by atoms with Crippen molar-refractivity contribution in [2.24, 2.45) is 5.73 Å². The minimum absolute atomic E-state index is 0.778. The topological polar surface area (TPSA) is 41.8 Å². The minimum Gasteiger partial charge on any atom is -0.354 e. The van der Waals surface area contributed by atoms with Crippen molar-refractivity contribution in [1.82, 2.24) is 4.98 Å². The van der Waals surface area contributed by atoms with E-state index >= 15 is 0 Å². The molecule has 3 heteroatoms. The quantitative estimate of drug-likeness (QED) is 0.752. The van der Waals surface area contributed by atoms with Crippen molar-refractivity contribution < 1.29 is 0 Å². The van der Waals surface area contributed by atoms with Crippen molar-refractivity contribution in [3.8, 4) is 11.3 Å². The predicted molar refractivity (Wildman–Crippen MR) is 86.4 cm³/mol. The van der Waals surface area contributed by atoms with Crippen LogP contribution in [-0.4, -0.2) is 11.5 Å². The lowest BCUT2D eigenvalue weighted by atomic mass is 9.94. The molecule has 3 aromatic rings. The largest absolute Gasteiger partial charge is 0.354 e. The van der Waals surface area contributed by atoms with Gasteiger partial charge in [0.15, 0.2) is 0 Å². The highest BCUT2D eigenvalue weighted by Gasteiger charge is 2.22. The fourth-order valence-electron chi connectivity index (χ4n) is 3.21. The maximum absolute atomic E-state index is 5.62. The van der Waals surface area contributed by atoms with Crippen LogP contribution in [0.25, 0.3) is 22.2 Å². The number of hydrogen-bond donors (Lipinski definition) is 2. The smallest absolute Gasteiger partial charge is 0.0508 e. The van der Waals surface area contributed by atoms with E-state index in [-0.39, 0.29) is 0 Å². The summed E-state index contributed by atoms with van der Waals surface area (Å²) in [5, 5.41) is 1.39. The van der Waals surface area contributed by atoms with Gasteiger partial charge in [-0.15, -0.1) is 11.3 Å². The molecule has 3 N–H and O–H groups in total. The molecule has 0 saturated heterocycles. The second-order valence-corrected chi connectivity index (χ2v) is 6.69. The van der Waals surface area contributed by atoms with Gasteiger partial charge in [0.25, 0.3) is 0 Å². The van der Waals surface area contributed by atoms with Crippen LogP contribution in [0.2, 0.25) is 0 Å². The first-order valence-corrected chi connectivity index (χ1v) is 8.10. The van der Waals surface area contributed by atoms with Crippen molar-refractivity contribution in [3.05, 3.63) is 45.6 Å². The molecule has 0 aliphatic heterocycles. The molecular weight excluding hydrogens is 264 g/mol. The first kappa shape index (κ1) is 12.2. The summed E-state index contributed by atoms with van der Waals surface area (Å²) in [6, 6.07) is 11.0. The van der Waals surface area contributed by atoms with E-state index in [2.05, 4.69) is 35.3 Å². The Balaban J connectivity index is 1.84. The molecule has 0 bridgehead atoms. The van der Waals surface area contributed by atoms with Crippen molar-refractivity contribution in [1.29, 1.82) is 0 Å². The fraction of sp³-hybridized carbons (Fsp3) is 0.294. The maximum atomic E-state index is 5.62. The molecule has 0 fully saturated rings. The third-order valence-corrected chi connectivity index (χ3v) is 5.43. The number of aromatic nitrogens is 1. The highest BCUT2D eigenvalue weighted by atomic mass is 32.1. The van der Waals surface area contributed by atoms with Gasteiger partial charge < -0.3 is 10.7 Å². The molecule has 2 nitrogen and oxygen atoms in total. The van der Waals surface area contributed by atoms with E-state index in [1.54, 1.807) is 0 Å². The van der Waals surface area contributed by atoms with E-state index in [9.17, 15) is 0 Å². The van der Waals surface area contributed by atoms with Crippen LogP contribution in [0.5, 0.6) is 0 Å². The Kier molecular flexibility index (Phi) is 2.90. The van der Waals surface area contributed by atoms with Crippen LogP contribution in [0.3, 0.4) is 0 Å². The highest BCUT2D eigenvalue weighted by Crippen LogP contribution is 2.41. The molecule has 2 heterocycles. The summed E-state index contributed by atoms with van der Waals surface area (Å²) in [7, 11) is 0. The van der Waals surface area contributed by atoms with E-state index in [1.807, 2.05) is 11.3 Å². The van der Waals surface area contributed by atoms with Crippen LogP contribution in [-0.2, 0) is 19.3 Å². The van der Waals surface area contributed by atoms with Crippen molar-refractivity contribution in [2.45, 2.75) is 25.7 Å². The Morgan fingerprint density at radius 2 is 2.10 bits per heavy atom. The van der Waals surface area contributed by atoms with Crippen LogP contribution < -0.4 is 5.73 Å². The van der Waals surface area contributed by atoms with Crippen LogP contribution in [0, 0.1) is 0 Å². The predicted octanol–water partition coefficient (Wildman–Crippen LogP) is 3.89. The SMILES string of the molecule is NCCCc1cc2c(s1)CCc1c-2[nH]c2ccccc12. The zero-order valence-corrected chi connectivity index (χ0v) is 12.2. The van der Waals surface area contributed by atoms with Crippen molar-refractivity contribution >= 4 is 22.2 Å². The number of rotatable bonds is 3. The van der Waals surface area contributed by atoms with E-state index in [0.29, 0.717) is 0 Å². The van der Waals surface area contributed by atoms with Gasteiger partial charge in [0.05, 0.1) is 5.69 Å². The molecule has 102 valence electrons. The summed E-state index contributed by atoms with van der Waals surface area (Å²) in [6.07, 6.45) is 4.53. The number of para-hydroxylation sites is 1. The number of nitrogens with one attached hydrogen (secondary N) is 1. The molecule has 2 aromatic heterocycles. The lowest BCUT2D eigenvalue weighted by Crippen LogP contribution is -1.99. The molecule has 0 unspecified atom stereocenters. The summed E-state index contributed by atoms with van der Waals surface area (Å²) in [5.41, 5.74) is 11.2. The monoisotopic (exact) mass is 282 g/mol. The summed E-state index contributed by atoms with van der Waals surface area (Å²) >= 11 is 1.97. The van der Waals surface area contributed by atoms with Gasteiger partial charge in [-0.05, 0) is 49.9 Å². The van der Waals surface area contributed by atoms with Crippen LogP contribution in [0.4, 0.5) is 0 Å². The van der Waals surface area contributed by atoms with E-state index in [1.165, 1.54) is 43.9 Å². The Hall–Kier alpha value is -1.58. The van der Waals surface area contributed by atoms with Gasteiger partial charge in [-0.1, -0.05) is 18.2 Å². The summed E-state index contributed by atoms with van der Waals surface area (Å²) in [4.78, 5) is 6.64. The lowest BCUT2D eigenvalue weighted by molar-refractivity contribution is 0.843. The fourth-order valence-corrected chi connectivity index (χ4v) is 4.42. The van der Waals surface area contributed by atoms with Crippen LogP contribution in [0.15, 0.2) is 30.3 Å². The molecule has 0 saturated carbocycles. The van der Waals surface area contributed by atoms with Gasteiger partial charge in [0, 0.05) is 26.2 Å². The first-order valence-electron chi connectivity index (χ1n) is 7.28. The first-order chi connectivity index (χ1) is 9.86. The number of thiophene rings is 1. The normalized spacial score (nSPS) is 13.4. The molecule has 1 aliphatic carbocycles. The van der Waals surface area contributed by atoms with Gasteiger partial charge in [-0.2, -0.15) is 0 Å². The average Bonchev–Trinajstić information content (AvgIpc) is 3.05. The third-order valence-electron chi connectivity index (χ3n) is 4.17. The molecule has 20 heavy (non-hydrogen) atoms. The molecule has 1 aliphatic rings. The standard InChI is InChI=1S/C17H18N2S/c18-9-3-4-11-10-14-16(20-11)8-7-13-12-5-1-2-6-15(12)19-17(13)14/h1-2,5-6,10,19H,3-4,7-9,18H2. The number of H-pyrrole nitrogens is 1. The van der Waals surface area contributed by atoms with Gasteiger partial charge in [0.1, 0.15) is 0 Å². The summed E-state index contributed by atoms with van der Waals surface area (Å²) < 4.78 is 0. The van der Waals surface area contributed by atoms with E-state index in [0.717, 1.165) is 25.8 Å². The summed E-state index contributed by atoms with van der Waals surface area (Å²) in [5.74, 6) is 0.